The van der Waals surface area contributed by atoms with E-state index >= 15 is 0 Å². The summed E-state index contributed by atoms with van der Waals surface area (Å²) < 4.78 is 5.06. The molecule has 0 N–H and O–H groups in total. The number of rotatable bonds is 3. The molecule has 1 saturated heterocycles. The normalized spacial score (nSPS) is 17.2. The topological polar surface area (TPSA) is 42.4 Å². The number of piperidine rings is 1. The zero-order valence-electron chi connectivity index (χ0n) is 9.43. The van der Waals surface area contributed by atoms with Crippen LogP contribution in [0.3, 0.4) is 0 Å². The van der Waals surface area contributed by atoms with E-state index in [4.69, 9.17) is 4.74 Å². The molecule has 1 aromatic heterocycles. The Kier molecular flexibility index (Phi) is 3.39. The van der Waals surface area contributed by atoms with Gasteiger partial charge < -0.3 is 14.4 Å². The van der Waals surface area contributed by atoms with Crippen LogP contribution in [0.25, 0.3) is 0 Å². The molecule has 4 nitrogen and oxygen atoms in total. The van der Waals surface area contributed by atoms with E-state index in [1.165, 1.54) is 0 Å². The quantitative estimate of drug-likeness (QED) is 0.724. The number of carbonyl (C=O) groups excluding carboxylic acids is 1. The zero-order chi connectivity index (χ0) is 11.4. The summed E-state index contributed by atoms with van der Waals surface area (Å²) in [6, 6.07) is 3.87. The highest BCUT2D eigenvalue weighted by molar-refractivity contribution is 5.54. The maximum Gasteiger partial charge on any atom is 0.137 e. The highest BCUT2D eigenvalue weighted by atomic mass is 16.5. The number of pyridine rings is 1. The molecule has 2 heterocycles. The van der Waals surface area contributed by atoms with Crippen LogP contribution in [0.1, 0.15) is 12.8 Å². The van der Waals surface area contributed by atoms with Crippen LogP contribution in [0, 0.1) is 5.92 Å². The number of aromatic nitrogens is 1. The Morgan fingerprint density at radius 1 is 1.44 bits per heavy atom. The lowest BCUT2D eigenvalue weighted by Crippen LogP contribution is -2.34. The van der Waals surface area contributed by atoms with E-state index in [0.717, 1.165) is 43.8 Å². The number of carbonyl (C=O) groups is 1. The third kappa shape index (κ3) is 2.32. The number of anilines is 1. The van der Waals surface area contributed by atoms with Crippen LogP contribution in [0.15, 0.2) is 18.3 Å². The number of ether oxygens (including phenoxy) is 1. The summed E-state index contributed by atoms with van der Waals surface area (Å²) in [7, 11) is 1.63. The molecule has 1 aromatic rings. The van der Waals surface area contributed by atoms with Gasteiger partial charge in [-0.2, -0.15) is 0 Å². The van der Waals surface area contributed by atoms with Crippen molar-refractivity contribution in [2.24, 2.45) is 5.92 Å². The van der Waals surface area contributed by atoms with E-state index < -0.39 is 0 Å². The monoisotopic (exact) mass is 220 g/mol. The summed E-state index contributed by atoms with van der Waals surface area (Å²) in [6.45, 7) is 1.81. The molecule has 0 unspecified atom stereocenters. The summed E-state index contributed by atoms with van der Waals surface area (Å²) in [5.41, 5.74) is 0. The first-order chi connectivity index (χ1) is 7.83. The molecule has 0 radical (unpaired) electrons. The van der Waals surface area contributed by atoms with Gasteiger partial charge in [0.25, 0.3) is 0 Å². The largest absolute Gasteiger partial charge is 0.495 e. The first-order valence-corrected chi connectivity index (χ1v) is 5.54. The van der Waals surface area contributed by atoms with E-state index in [0.29, 0.717) is 0 Å². The minimum Gasteiger partial charge on any atom is -0.495 e. The molecule has 1 aliphatic rings. The summed E-state index contributed by atoms with van der Waals surface area (Å²) in [4.78, 5) is 17.2. The molecular weight excluding hydrogens is 204 g/mol. The SMILES string of the molecule is COc1ccc(N2CCC(C=O)CC2)nc1. The number of aldehydes is 1. The Morgan fingerprint density at radius 2 is 2.19 bits per heavy atom. The fraction of sp³-hybridized carbons (Fsp3) is 0.500. The van der Waals surface area contributed by atoms with Crippen LogP contribution < -0.4 is 9.64 Å². The summed E-state index contributed by atoms with van der Waals surface area (Å²) >= 11 is 0. The molecule has 0 spiro atoms. The maximum absolute atomic E-state index is 10.6. The van der Waals surface area contributed by atoms with Gasteiger partial charge in [-0.15, -0.1) is 0 Å². The molecule has 1 aliphatic heterocycles. The fourth-order valence-corrected chi connectivity index (χ4v) is 1.94. The van der Waals surface area contributed by atoms with Crippen molar-refractivity contribution in [2.45, 2.75) is 12.8 Å². The van der Waals surface area contributed by atoms with Crippen molar-refractivity contribution >= 4 is 12.1 Å². The molecule has 0 aliphatic carbocycles. The average molecular weight is 220 g/mol. The van der Waals surface area contributed by atoms with E-state index in [2.05, 4.69) is 9.88 Å². The second kappa shape index (κ2) is 4.96. The third-order valence-corrected chi connectivity index (χ3v) is 3.01. The van der Waals surface area contributed by atoms with Crippen molar-refractivity contribution in [1.29, 1.82) is 0 Å². The molecule has 2 rings (SSSR count). The molecule has 4 heteroatoms. The number of hydrogen-bond acceptors (Lipinski definition) is 4. The molecule has 0 bridgehead atoms. The van der Waals surface area contributed by atoms with Gasteiger partial charge in [0.15, 0.2) is 0 Å². The predicted octanol–water partition coefficient (Wildman–Crippen LogP) is 1.51. The predicted molar refractivity (Wildman–Crippen MR) is 61.8 cm³/mol. The van der Waals surface area contributed by atoms with E-state index in [-0.39, 0.29) is 5.92 Å². The van der Waals surface area contributed by atoms with Crippen molar-refractivity contribution < 1.29 is 9.53 Å². The highest BCUT2D eigenvalue weighted by Gasteiger charge is 2.19. The van der Waals surface area contributed by atoms with Gasteiger partial charge in [-0.3, -0.25) is 0 Å². The number of methoxy groups -OCH3 is 1. The summed E-state index contributed by atoms with van der Waals surface area (Å²) in [6.07, 6.45) is 4.65. The van der Waals surface area contributed by atoms with Gasteiger partial charge in [-0.1, -0.05) is 0 Å². The van der Waals surface area contributed by atoms with Crippen LogP contribution in [-0.2, 0) is 4.79 Å². The lowest BCUT2D eigenvalue weighted by Gasteiger charge is -2.30. The van der Waals surface area contributed by atoms with E-state index in [1.807, 2.05) is 12.1 Å². The molecule has 1 fully saturated rings. The molecule has 0 atom stereocenters. The van der Waals surface area contributed by atoms with Crippen molar-refractivity contribution in [3.05, 3.63) is 18.3 Å². The third-order valence-electron chi connectivity index (χ3n) is 3.01. The minimum absolute atomic E-state index is 0.231. The molecule has 86 valence electrons. The Bertz CT molecular complexity index is 343. The lowest BCUT2D eigenvalue weighted by molar-refractivity contribution is -0.111. The van der Waals surface area contributed by atoms with Crippen LogP contribution in [0.5, 0.6) is 5.75 Å². The van der Waals surface area contributed by atoms with Gasteiger partial charge in [-0.05, 0) is 25.0 Å². The maximum atomic E-state index is 10.6. The van der Waals surface area contributed by atoms with Crippen molar-refractivity contribution in [2.75, 3.05) is 25.1 Å². The standard InChI is InChI=1S/C12H16N2O2/c1-16-11-2-3-12(13-8-11)14-6-4-10(9-15)5-7-14/h2-3,8-10H,4-7H2,1H3. The molecule has 16 heavy (non-hydrogen) atoms. The van der Waals surface area contributed by atoms with Gasteiger partial charge in [0, 0.05) is 19.0 Å². The van der Waals surface area contributed by atoms with E-state index in [9.17, 15) is 4.79 Å². The molecule has 0 saturated carbocycles. The number of hydrogen-bond donors (Lipinski definition) is 0. The molecular formula is C12H16N2O2. The molecule has 0 aromatic carbocycles. The van der Waals surface area contributed by atoms with Gasteiger partial charge in [0.2, 0.25) is 0 Å². The van der Waals surface area contributed by atoms with Gasteiger partial charge >= 0.3 is 0 Å². The van der Waals surface area contributed by atoms with Crippen LogP contribution >= 0.6 is 0 Å². The second-order valence-corrected chi connectivity index (χ2v) is 4.02. The smallest absolute Gasteiger partial charge is 0.137 e. The Hall–Kier alpha value is -1.58. The number of nitrogens with zero attached hydrogens (tertiary/aromatic N) is 2. The van der Waals surface area contributed by atoms with Gasteiger partial charge in [-0.25, -0.2) is 4.98 Å². The fourth-order valence-electron chi connectivity index (χ4n) is 1.94. The molecule has 0 amide bonds. The Balaban J connectivity index is 1.99. The van der Waals surface area contributed by atoms with Gasteiger partial charge in [0.05, 0.1) is 13.3 Å². The Morgan fingerprint density at radius 3 is 2.69 bits per heavy atom. The van der Waals surface area contributed by atoms with Crippen molar-refractivity contribution in [3.63, 3.8) is 0 Å². The van der Waals surface area contributed by atoms with Crippen molar-refractivity contribution in [3.8, 4) is 5.75 Å². The Labute approximate surface area is 95.2 Å². The van der Waals surface area contributed by atoms with E-state index in [1.54, 1.807) is 13.3 Å². The van der Waals surface area contributed by atoms with Crippen molar-refractivity contribution in [1.82, 2.24) is 4.98 Å². The van der Waals surface area contributed by atoms with Crippen LogP contribution in [0.4, 0.5) is 5.82 Å². The zero-order valence-corrected chi connectivity index (χ0v) is 9.43. The summed E-state index contributed by atoms with van der Waals surface area (Å²) in [5.74, 6) is 1.96. The van der Waals surface area contributed by atoms with Gasteiger partial charge in [0.1, 0.15) is 17.9 Å². The minimum atomic E-state index is 0.231. The average Bonchev–Trinajstić information content (AvgIpc) is 2.39. The second-order valence-electron chi connectivity index (χ2n) is 4.02. The van der Waals surface area contributed by atoms with Crippen LogP contribution in [-0.4, -0.2) is 31.5 Å². The summed E-state index contributed by atoms with van der Waals surface area (Å²) in [5, 5.41) is 0. The lowest BCUT2D eigenvalue weighted by atomic mass is 9.99. The van der Waals surface area contributed by atoms with Crippen LogP contribution in [0.2, 0.25) is 0 Å². The first kappa shape index (κ1) is 10.9. The first-order valence-electron chi connectivity index (χ1n) is 5.54. The highest BCUT2D eigenvalue weighted by Crippen LogP contribution is 2.21.